The second-order valence-corrected chi connectivity index (χ2v) is 11.1. The van der Waals surface area contributed by atoms with E-state index in [1.54, 1.807) is 6.33 Å². The van der Waals surface area contributed by atoms with Gasteiger partial charge >= 0.3 is 0 Å². The highest BCUT2D eigenvalue weighted by molar-refractivity contribution is 7.90. The van der Waals surface area contributed by atoms with E-state index >= 15 is 8.78 Å². The third-order valence-corrected chi connectivity index (χ3v) is 7.26. The van der Waals surface area contributed by atoms with Crippen molar-refractivity contribution in [2.45, 2.75) is 44.0 Å². The lowest BCUT2D eigenvalue weighted by atomic mass is 10.1. The van der Waals surface area contributed by atoms with Gasteiger partial charge in [0.2, 0.25) is 5.95 Å². The maximum absolute atomic E-state index is 15.1. The summed E-state index contributed by atoms with van der Waals surface area (Å²) < 4.78 is 55.7. The number of H-pyrrole nitrogens is 1. The molecule has 0 bridgehead atoms. The molecule has 0 saturated heterocycles. The Morgan fingerprint density at radius 2 is 1.89 bits per heavy atom. The molecule has 0 radical (unpaired) electrons. The number of aromatic amines is 1. The SMILES string of the molecule is CCn1cnc(-c2nc(N(C)c3c(F)cc(S(C)(=O)=O)cc3F)nc(Nc3cc(C)[nH]n3)c2C2CC2)c1. The van der Waals surface area contributed by atoms with Crippen LogP contribution < -0.4 is 10.2 Å². The molecule has 37 heavy (non-hydrogen) atoms. The highest BCUT2D eigenvalue weighted by Crippen LogP contribution is 2.48. The van der Waals surface area contributed by atoms with E-state index < -0.39 is 32.1 Å². The van der Waals surface area contributed by atoms with Crippen molar-refractivity contribution in [3.05, 3.63) is 53.6 Å². The van der Waals surface area contributed by atoms with Gasteiger partial charge in [-0.25, -0.2) is 27.2 Å². The molecule has 1 fully saturated rings. The number of benzene rings is 1. The van der Waals surface area contributed by atoms with Crippen molar-refractivity contribution < 1.29 is 17.2 Å². The first-order chi connectivity index (χ1) is 17.5. The predicted octanol–water partition coefficient (Wildman–Crippen LogP) is 4.46. The van der Waals surface area contributed by atoms with Gasteiger partial charge in [-0.3, -0.25) is 5.10 Å². The standard InChI is InChI=1S/C24H26F2N8O2S/c1-5-34-11-18(27-12-34)21-20(14-6-7-14)23(28-19-8-13(2)31-32-19)30-24(29-21)33(3)22-16(25)9-15(10-17(22)26)37(4,35)36/h8-12,14H,5-7H2,1-4H3,(H2,28,29,30,31,32). The molecular formula is C24H26F2N8O2S. The Labute approximate surface area is 212 Å². The van der Waals surface area contributed by atoms with E-state index in [0.717, 1.165) is 47.4 Å². The van der Waals surface area contributed by atoms with Crippen molar-refractivity contribution in [3.8, 4) is 11.4 Å². The monoisotopic (exact) mass is 528 g/mol. The van der Waals surface area contributed by atoms with Crippen LogP contribution in [0.5, 0.6) is 0 Å². The number of aryl methyl sites for hydroxylation is 2. The summed E-state index contributed by atoms with van der Waals surface area (Å²) in [4.78, 5) is 14.6. The van der Waals surface area contributed by atoms with Gasteiger partial charge in [-0.05, 0) is 44.7 Å². The zero-order chi connectivity index (χ0) is 26.5. The van der Waals surface area contributed by atoms with E-state index in [2.05, 4.69) is 25.5 Å². The zero-order valence-electron chi connectivity index (χ0n) is 20.7. The minimum atomic E-state index is -3.81. The summed E-state index contributed by atoms with van der Waals surface area (Å²) in [6, 6.07) is 3.40. The quantitative estimate of drug-likeness (QED) is 0.344. The Bertz CT molecular complexity index is 1570. The Morgan fingerprint density at radius 3 is 2.43 bits per heavy atom. The normalized spacial score (nSPS) is 13.7. The fraction of sp³-hybridized carbons (Fsp3) is 0.333. The minimum absolute atomic E-state index is 0.00473. The molecule has 13 heteroatoms. The number of imidazole rings is 1. The second-order valence-electron chi connectivity index (χ2n) is 9.13. The van der Waals surface area contributed by atoms with Gasteiger partial charge in [0.15, 0.2) is 27.3 Å². The van der Waals surface area contributed by atoms with Gasteiger partial charge in [0, 0.05) is 43.4 Å². The molecule has 3 aromatic heterocycles. The molecule has 0 spiro atoms. The van der Waals surface area contributed by atoms with E-state index in [-0.39, 0.29) is 11.9 Å². The number of anilines is 4. The number of hydrogen-bond acceptors (Lipinski definition) is 8. The molecule has 194 valence electrons. The topological polar surface area (TPSA) is 122 Å². The van der Waals surface area contributed by atoms with Crippen molar-refractivity contribution in [2.75, 3.05) is 23.5 Å². The smallest absolute Gasteiger partial charge is 0.232 e. The highest BCUT2D eigenvalue weighted by atomic mass is 32.2. The van der Waals surface area contributed by atoms with E-state index in [9.17, 15) is 8.42 Å². The molecule has 1 aromatic carbocycles. The number of hydrogen-bond donors (Lipinski definition) is 2. The summed E-state index contributed by atoms with van der Waals surface area (Å²) in [5, 5.41) is 10.3. The van der Waals surface area contributed by atoms with E-state index in [0.29, 0.717) is 29.6 Å². The molecule has 10 nitrogen and oxygen atoms in total. The molecule has 5 rings (SSSR count). The predicted molar refractivity (Wildman–Crippen MR) is 135 cm³/mol. The molecule has 0 aliphatic heterocycles. The van der Waals surface area contributed by atoms with Crippen LogP contribution >= 0.6 is 0 Å². The highest BCUT2D eigenvalue weighted by Gasteiger charge is 2.33. The largest absolute Gasteiger partial charge is 0.337 e. The van der Waals surface area contributed by atoms with Crippen LogP contribution in [-0.2, 0) is 16.4 Å². The Balaban J connectivity index is 1.68. The maximum atomic E-state index is 15.1. The van der Waals surface area contributed by atoms with Crippen LogP contribution in [0.1, 0.15) is 36.9 Å². The first-order valence-corrected chi connectivity index (χ1v) is 13.6. The lowest BCUT2D eigenvalue weighted by Crippen LogP contribution is -2.19. The molecule has 0 atom stereocenters. The summed E-state index contributed by atoms with van der Waals surface area (Å²) in [6.45, 7) is 4.57. The van der Waals surface area contributed by atoms with Gasteiger partial charge in [-0.2, -0.15) is 10.1 Å². The van der Waals surface area contributed by atoms with Crippen LogP contribution in [-0.4, -0.2) is 51.4 Å². The van der Waals surface area contributed by atoms with Gasteiger partial charge < -0.3 is 14.8 Å². The fourth-order valence-corrected chi connectivity index (χ4v) is 4.73. The lowest BCUT2D eigenvalue weighted by Gasteiger charge is -2.22. The van der Waals surface area contributed by atoms with E-state index in [4.69, 9.17) is 4.98 Å². The molecule has 0 amide bonds. The summed E-state index contributed by atoms with van der Waals surface area (Å²) in [5.74, 6) is -0.901. The third kappa shape index (κ3) is 4.90. The van der Waals surface area contributed by atoms with Crippen molar-refractivity contribution in [1.82, 2.24) is 29.7 Å². The third-order valence-electron chi connectivity index (χ3n) is 6.17. The number of rotatable bonds is 8. The number of sulfone groups is 1. The van der Waals surface area contributed by atoms with Gasteiger partial charge in [0.1, 0.15) is 22.9 Å². The molecule has 2 N–H and O–H groups in total. The van der Waals surface area contributed by atoms with Crippen LogP contribution in [0.3, 0.4) is 0 Å². The number of nitrogens with one attached hydrogen (secondary N) is 2. The summed E-state index contributed by atoms with van der Waals surface area (Å²) in [7, 11) is -2.38. The van der Waals surface area contributed by atoms with Crippen LogP contribution in [0.15, 0.2) is 35.6 Å². The van der Waals surface area contributed by atoms with E-state index in [1.165, 1.54) is 7.05 Å². The molecule has 1 aliphatic rings. The molecular weight excluding hydrogens is 502 g/mol. The summed E-state index contributed by atoms with van der Waals surface area (Å²) in [6.07, 6.45) is 6.35. The van der Waals surface area contributed by atoms with Crippen molar-refractivity contribution in [3.63, 3.8) is 0 Å². The molecule has 1 saturated carbocycles. The molecule has 0 unspecified atom stereocenters. The van der Waals surface area contributed by atoms with E-state index in [1.807, 2.05) is 30.7 Å². The Hall–Kier alpha value is -3.87. The van der Waals surface area contributed by atoms with Crippen molar-refractivity contribution in [2.24, 2.45) is 0 Å². The van der Waals surface area contributed by atoms with Gasteiger partial charge in [-0.1, -0.05) is 0 Å². The summed E-state index contributed by atoms with van der Waals surface area (Å²) >= 11 is 0. The number of halogens is 2. The van der Waals surface area contributed by atoms with Crippen LogP contribution in [0.2, 0.25) is 0 Å². The fourth-order valence-electron chi connectivity index (χ4n) is 4.09. The zero-order valence-corrected chi connectivity index (χ0v) is 21.6. The minimum Gasteiger partial charge on any atom is -0.337 e. The van der Waals surface area contributed by atoms with Gasteiger partial charge in [-0.15, -0.1) is 0 Å². The maximum Gasteiger partial charge on any atom is 0.232 e. The number of nitrogens with zero attached hydrogens (tertiary/aromatic N) is 6. The van der Waals surface area contributed by atoms with Crippen molar-refractivity contribution >= 4 is 33.1 Å². The van der Waals surface area contributed by atoms with Crippen LogP contribution in [0, 0.1) is 18.6 Å². The average molecular weight is 529 g/mol. The average Bonchev–Trinajstić information content (AvgIpc) is 3.40. The van der Waals surface area contributed by atoms with Crippen LogP contribution in [0.25, 0.3) is 11.4 Å². The Kier molecular flexibility index (Phi) is 6.18. The van der Waals surface area contributed by atoms with Gasteiger partial charge in [0.25, 0.3) is 0 Å². The number of aromatic nitrogens is 6. The summed E-state index contributed by atoms with van der Waals surface area (Å²) in [5.41, 5.74) is 2.38. The molecule has 3 heterocycles. The molecule has 4 aromatic rings. The van der Waals surface area contributed by atoms with Gasteiger partial charge in [0.05, 0.1) is 11.2 Å². The van der Waals surface area contributed by atoms with Crippen molar-refractivity contribution in [1.29, 1.82) is 0 Å². The van der Waals surface area contributed by atoms with Crippen LogP contribution in [0.4, 0.5) is 32.1 Å². The lowest BCUT2D eigenvalue weighted by molar-refractivity contribution is 0.569. The Morgan fingerprint density at radius 1 is 1.19 bits per heavy atom. The first-order valence-electron chi connectivity index (χ1n) is 11.7. The first kappa shape index (κ1) is 24.8. The second kappa shape index (κ2) is 9.21. The molecule has 1 aliphatic carbocycles.